The smallest absolute Gasteiger partial charge is 0.202 e. The van der Waals surface area contributed by atoms with Crippen molar-refractivity contribution in [1.82, 2.24) is 0 Å². The van der Waals surface area contributed by atoms with Crippen LogP contribution in [0.2, 0.25) is 0 Å². The molecule has 2 fully saturated rings. The van der Waals surface area contributed by atoms with Gasteiger partial charge in [0.15, 0.2) is 24.1 Å². The highest BCUT2D eigenvalue weighted by molar-refractivity contribution is 6.31. The highest BCUT2D eigenvalue weighted by atomic mass is 16.7. The lowest BCUT2D eigenvalue weighted by Crippen LogP contribution is -2.57. The van der Waals surface area contributed by atoms with Crippen LogP contribution in [0.1, 0.15) is 89.1 Å². The molecule has 2 aliphatic carbocycles. The second kappa shape index (κ2) is 12.2. The molecule has 8 N–H and O–H groups in total. The Morgan fingerprint density at radius 2 is 1.57 bits per heavy atom. The number of ether oxygens (including phenoxy) is 5. The van der Waals surface area contributed by atoms with Gasteiger partial charge in [0.2, 0.25) is 5.78 Å². The molecule has 14 nitrogen and oxygen atoms in total. The fraction of sp³-hybridized carbons (Fsp3) is 0.545. The number of methoxy groups -OCH3 is 1. The van der Waals surface area contributed by atoms with Crippen LogP contribution >= 0.6 is 0 Å². The molecule has 2 aromatic rings. The Bertz CT molecular complexity index is 1610. The molecule has 0 radical (unpaired) electrons. The molecule has 2 aliphatic heterocycles. The van der Waals surface area contributed by atoms with E-state index >= 15 is 0 Å². The maximum Gasteiger partial charge on any atom is 0.202 e. The first-order valence-electron chi connectivity index (χ1n) is 15.6. The molecule has 2 saturated heterocycles. The number of nitrogens with two attached hydrogens (primary N) is 2. The molecule has 2 heterocycles. The van der Waals surface area contributed by atoms with Gasteiger partial charge in [0.1, 0.15) is 29.0 Å². The average Bonchev–Trinajstić information content (AvgIpc) is 3.01. The third-order valence-corrected chi connectivity index (χ3v) is 9.82. The summed E-state index contributed by atoms with van der Waals surface area (Å²) in [6, 6.07) is 3.25. The summed E-state index contributed by atoms with van der Waals surface area (Å²) in [5.41, 5.74) is 9.42. The van der Waals surface area contributed by atoms with E-state index < -0.39 is 107 Å². The van der Waals surface area contributed by atoms with Gasteiger partial charge < -0.3 is 55.6 Å². The van der Waals surface area contributed by atoms with E-state index in [0.717, 1.165) is 0 Å². The molecule has 8 unspecified atom stereocenters. The Kier molecular flexibility index (Phi) is 8.68. The van der Waals surface area contributed by atoms with Gasteiger partial charge in [-0.15, -0.1) is 0 Å². The van der Waals surface area contributed by atoms with Gasteiger partial charge >= 0.3 is 0 Å². The van der Waals surface area contributed by atoms with Crippen molar-refractivity contribution in [2.24, 2.45) is 11.5 Å². The third kappa shape index (κ3) is 5.52. The number of hydrogen-bond acceptors (Lipinski definition) is 14. The topological polar surface area (TPSA) is 230 Å². The fourth-order valence-electron chi connectivity index (χ4n) is 7.21. The van der Waals surface area contributed by atoms with Gasteiger partial charge in [0.25, 0.3) is 0 Å². The number of hydrogen-bond donors (Lipinski definition) is 6. The van der Waals surface area contributed by atoms with Crippen molar-refractivity contribution < 1.29 is 58.5 Å². The van der Waals surface area contributed by atoms with Crippen LogP contribution in [0, 0.1) is 0 Å². The lowest BCUT2D eigenvalue weighted by molar-refractivity contribution is -0.294. The molecule has 0 aromatic heterocycles. The Labute approximate surface area is 270 Å². The number of ketones is 3. The number of rotatable bonds is 6. The molecule has 0 saturated carbocycles. The third-order valence-electron chi connectivity index (χ3n) is 9.82. The summed E-state index contributed by atoms with van der Waals surface area (Å²) in [5, 5.41) is 44.7. The standard InChI is InChI=1S/C33H40N2O12/c1-12-27(37)17(34)8-22(44-12)47-32-13(2)45-21(9-18(32)35)46-20-11-33(42,14(3)36)10-16-24(20)31(41)26-25(29(16)39)28(38)15-6-5-7-19(43-4)23(15)30(26)40/h5-7,12-13,17-18,20-22,27,32,37,39,41-42H,8-11,34-35H2,1-4H3/t12?,13?,17?,18?,20-,21?,22?,27?,32?,33-/m0/s1. The van der Waals surface area contributed by atoms with Gasteiger partial charge in [-0.3, -0.25) is 14.4 Å². The lowest BCUT2D eigenvalue weighted by atomic mass is 9.72. The molecule has 14 heteroatoms. The molecule has 4 aliphatic rings. The van der Waals surface area contributed by atoms with E-state index in [1.165, 1.54) is 32.2 Å². The molecule has 254 valence electrons. The normalized spacial score (nSPS) is 35.1. The van der Waals surface area contributed by atoms with Crippen LogP contribution in [-0.2, 0) is 30.2 Å². The number of carbonyl (C=O) groups excluding carboxylic acids is 3. The maximum atomic E-state index is 13.8. The number of benzene rings is 2. The number of phenolic OH excluding ortho intramolecular Hbond substituents is 2. The SMILES string of the molecule is COc1cccc2c1C(=O)c1c(O)c3c(c(O)c1C2=O)C[C@@](O)(C(C)=O)C[C@@H]3OC1CC(N)C(OC2CC(N)C(O)C(C)O2)C(C)O1. The van der Waals surface area contributed by atoms with E-state index in [9.17, 15) is 34.8 Å². The van der Waals surface area contributed by atoms with Gasteiger partial charge in [0.05, 0.1) is 48.2 Å². The summed E-state index contributed by atoms with van der Waals surface area (Å²) in [4.78, 5) is 40.2. The molecule has 2 aromatic carbocycles. The molecular formula is C33H40N2O12. The van der Waals surface area contributed by atoms with E-state index in [4.69, 9.17) is 35.2 Å². The quantitative estimate of drug-likeness (QED) is 0.202. The van der Waals surface area contributed by atoms with E-state index in [2.05, 4.69) is 0 Å². The van der Waals surface area contributed by atoms with Crippen LogP contribution in [0.3, 0.4) is 0 Å². The van der Waals surface area contributed by atoms with Gasteiger partial charge in [0, 0.05) is 54.5 Å². The summed E-state index contributed by atoms with van der Waals surface area (Å²) in [6.45, 7) is 4.60. The van der Waals surface area contributed by atoms with Crippen LogP contribution in [0.25, 0.3) is 0 Å². The average molecular weight is 657 g/mol. The van der Waals surface area contributed by atoms with E-state index in [0.29, 0.717) is 0 Å². The van der Waals surface area contributed by atoms with Crippen molar-refractivity contribution in [3.8, 4) is 17.2 Å². The molecule has 10 atom stereocenters. The van der Waals surface area contributed by atoms with Gasteiger partial charge in [-0.25, -0.2) is 0 Å². The van der Waals surface area contributed by atoms with Gasteiger partial charge in [-0.2, -0.15) is 0 Å². The van der Waals surface area contributed by atoms with Gasteiger partial charge in [-0.05, 0) is 26.8 Å². The molecule has 0 amide bonds. The summed E-state index contributed by atoms with van der Waals surface area (Å²) in [5.74, 6) is -3.24. The summed E-state index contributed by atoms with van der Waals surface area (Å²) >= 11 is 0. The molecule has 0 spiro atoms. The maximum absolute atomic E-state index is 13.8. The lowest BCUT2D eigenvalue weighted by Gasteiger charge is -2.44. The minimum Gasteiger partial charge on any atom is -0.507 e. The fourth-order valence-corrected chi connectivity index (χ4v) is 7.21. The highest BCUT2D eigenvalue weighted by Crippen LogP contribution is 2.52. The second-order valence-electron chi connectivity index (χ2n) is 12.9. The first-order chi connectivity index (χ1) is 22.2. The largest absolute Gasteiger partial charge is 0.507 e. The van der Waals surface area contributed by atoms with Crippen LogP contribution < -0.4 is 16.2 Å². The van der Waals surface area contributed by atoms with Crippen LogP contribution in [0.5, 0.6) is 17.2 Å². The van der Waals surface area contributed by atoms with Gasteiger partial charge in [-0.1, -0.05) is 12.1 Å². The van der Waals surface area contributed by atoms with Crippen molar-refractivity contribution in [2.45, 2.75) is 107 Å². The number of aliphatic hydroxyl groups excluding tert-OH is 1. The van der Waals surface area contributed by atoms with Crippen molar-refractivity contribution in [2.75, 3.05) is 7.11 Å². The zero-order valence-corrected chi connectivity index (χ0v) is 26.5. The zero-order valence-electron chi connectivity index (χ0n) is 26.5. The predicted octanol–water partition coefficient (Wildman–Crippen LogP) is 0.876. The number of aliphatic hydroxyl groups is 2. The van der Waals surface area contributed by atoms with Crippen LogP contribution in [0.15, 0.2) is 18.2 Å². The minimum atomic E-state index is -2.04. The number of Topliss-reactive ketones (excluding diaryl/α,β-unsaturated/α-hetero) is 1. The first-order valence-corrected chi connectivity index (χ1v) is 15.6. The van der Waals surface area contributed by atoms with E-state index in [1.807, 2.05) is 0 Å². The summed E-state index contributed by atoms with van der Waals surface area (Å²) < 4.78 is 29.6. The van der Waals surface area contributed by atoms with E-state index in [1.54, 1.807) is 13.8 Å². The Hall–Kier alpha value is -3.47. The molecule has 0 bridgehead atoms. The van der Waals surface area contributed by atoms with E-state index in [-0.39, 0.29) is 47.3 Å². The number of carbonyl (C=O) groups is 3. The predicted molar refractivity (Wildman–Crippen MR) is 162 cm³/mol. The van der Waals surface area contributed by atoms with Crippen LogP contribution in [-0.4, -0.2) is 99.6 Å². The zero-order chi connectivity index (χ0) is 34.1. The summed E-state index contributed by atoms with van der Waals surface area (Å²) in [6.07, 6.45) is -6.16. The molecule has 6 rings (SSSR count). The summed E-state index contributed by atoms with van der Waals surface area (Å²) in [7, 11) is 1.34. The minimum absolute atomic E-state index is 0.0245. The van der Waals surface area contributed by atoms with Crippen molar-refractivity contribution in [3.05, 3.63) is 51.6 Å². The Balaban J connectivity index is 1.33. The number of aromatic hydroxyl groups is 2. The van der Waals surface area contributed by atoms with Crippen molar-refractivity contribution >= 4 is 17.3 Å². The highest BCUT2D eigenvalue weighted by Gasteiger charge is 2.50. The molecular weight excluding hydrogens is 616 g/mol. The Morgan fingerprint density at radius 3 is 2.21 bits per heavy atom. The number of phenols is 2. The number of fused-ring (bicyclic) bond motifs is 3. The van der Waals surface area contributed by atoms with Crippen molar-refractivity contribution in [3.63, 3.8) is 0 Å². The Morgan fingerprint density at radius 1 is 0.936 bits per heavy atom. The first kappa shape index (κ1) is 33.4. The monoisotopic (exact) mass is 656 g/mol. The molecule has 47 heavy (non-hydrogen) atoms. The van der Waals surface area contributed by atoms with Crippen molar-refractivity contribution in [1.29, 1.82) is 0 Å². The van der Waals surface area contributed by atoms with Crippen LogP contribution in [0.4, 0.5) is 0 Å². The second-order valence-corrected chi connectivity index (χ2v) is 12.9.